The van der Waals surface area contributed by atoms with E-state index in [2.05, 4.69) is 15.4 Å². The maximum atomic E-state index is 14.2. The molecule has 270 valence electrons. The van der Waals surface area contributed by atoms with Crippen LogP contribution in [0.3, 0.4) is 0 Å². The summed E-state index contributed by atoms with van der Waals surface area (Å²) in [6, 6.07) is 21.0. The number of sulfonamides is 1. The van der Waals surface area contributed by atoms with Gasteiger partial charge in [0.15, 0.2) is 0 Å². The maximum absolute atomic E-state index is 14.2. The largest absolute Gasteiger partial charge is 0.399 e. The third-order valence-corrected chi connectivity index (χ3v) is 10.4. The van der Waals surface area contributed by atoms with Gasteiger partial charge in [-0.2, -0.15) is 0 Å². The maximum Gasteiger partial charge on any atom is 0.264 e. The number of nitrogens with zero attached hydrogens (tertiary/aromatic N) is 1. The topological polar surface area (TPSA) is 151 Å². The van der Waals surface area contributed by atoms with Crippen LogP contribution in [0.15, 0.2) is 95.4 Å². The molecule has 0 saturated carbocycles. The van der Waals surface area contributed by atoms with E-state index in [1.54, 1.807) is 44.4 Å². The summed E-state index contributed by atoms with van der Waals surface area (Å²) >= 11 is 0. The molecule has 5 N–H and O–H groups in total. The molecule has 3 unspecified atom stereocenters. The number of benzene rings is 3. The Morgan fingerprint density at radius 1 is 0.820 bits per heavy atom. The molecule has 0 aromatic heterocycles. The number of anilines is 1. The van der Waals surface area contributed by atoms with E-state index in [9.17, 15) is 22.8 Å². The fourth-order valence-corrected chi connectivity index (χ4v) is 6.94. The van der Waals surface area contributed by atoms with Crippen LogP contribution >= 0.6 is 0 Å². The van der Waals surface area contributed by atoms with Crippen LogP contribution in [-0.4, -0.2) is 63.3 Å². The number of hydrogen-bond acceptors (Lipinski definition) is 7. The Kier molecular flexibility index (Phi) is 12.8. The van der Waals surface area contributed by atoms with Gasteiger partial charge < -0.3 is 21.3 Å². The third-order valence-electron chi connectivity index (χ3n) is 9.08. The Balaban J connectivity index is 1.80. The van der Waals surface area contributed by atoms with E-state index in [-0.39, 0.29) is 28.2 Å². The molecule has 0 spiro atoms. The van der Waals surface area contributed by atoms with Gasteiger partial charge >= 0.3 is 0 Å². The summed E-state index contributed by atoms with van der Waals surface area (Å²) in [7, 11) is -0.838. The van der Waals surface area contributed by atoms with E-state index in [4.69, 9.17) is 5.73 Å². The molecule has 0 radical (unpaired) electrons. The summed E-state index contributed by atoms with van der Waals surface area (Å²) in [6.07, 6.45) is 1.59. The van der Waals surface area contributed by atoms with Crippen LogP contribution in [0.25, 0.3) is 11.1 Å². The minimum Gasteiger partial charge on any atom is -0.399 e. The van der Waals surface area contributed by atoms with Gasteiger partial charge in [0.05, 0.1) is 17.0 Å². The zero-order valence-electron chi connectivity index (χ0n) is 30.9. The highest BCUT2D eigenvalue weighted by atomic mass is 32.2. The second-order valence-electron chi connectivity index (χ2n) is 14.7. The minimum atomic E-state index is -4.19. The van der Waals surface area contributed by atoms with Crippen molar-refractivity contribution in [3.63, 3.8) is 0 Å². The number of hydrogen-bond donors (Lipinski definition) is 4. The molecule has 10 nitrogen and oxygen atoms in total. The van der Waals surface area contributed by atoms with Crippen molar-refractivity contribution in [3.05, 3.63) is 96.1 Å². The summed E-state index contributed by atoms with van der Waals surface area (Å²) in [5.74, 6) is -1.61. The highest BCUT2D eigenvalue weighted by molar-refractivity contribution is 7.90. The lowest BCUT2D eigenvalue weighted by atomic mass is 9.76. The van der Waals surface area contributed by atoms with Crippen molar-refractivity contribution in [2.45, 2.75) is 83.8 Å². The van der Waals surface area contributed by atoms with Gasteiger partial charge in [0.2, 0.25) is 11.8 Å². The zero-order chi connectivity index (χ0) is 37.6. The Morgan fingerprint density at radius 3 is 1.82 bits per heavy atom. The first-order valence-electron chi connectivity index (χ1n) is 16.7. The van der Waals surface area contributed by atoms with Crippen LogP contribution in [0.1, 0.15) is 61.0 Å². The second kappa shape index (κ2) is 16.0. The predicted molar refractivity (Wildman–Crippen MR) is 200 cm³/mol. The number of nitrogen functional groups attached to an aromatic ring is 1. The fourth-order valence-electron chi connectivity index (χ4n) is 5.93. The number of carbonyl (C=O) groups is 3. The Bertz CT molecular complexity index is 1780. The molecule has 3 rings (SSSR count). The van der Waals surface area contributed by atoms with Crippen LogP contribution in [0.4, 0.5) is 5.69 Å². The standard InChI is InChI=1S/C39H53N5O5S/c1-25(2)32(24-26(3)35(45)43-50(48,49)31-22-18-28(19-23-31)27-16-20-30(40)21-17-27)44(10)37(47)34(38(4,5)6)42-36(46)33(41-9)39(7,8)29-14-12-11-13-15-29/h11-25,32-34,41H,40H2,1-10H3,(H,42,46)(H,43,45). The lowest BCUT2D eigenvalue weighted by Crippen LogP contribution is -2.61. The van der Waals surface area contributed by atoms with Crippen LogP contribution in [0, 0.1) is 11.3 Å². The fraction of sp³-hybridized carbons (Fsp3) is 0.410. The van der Waals surface area contributed by atoms with Gasteiger partial charge in [0.1, 0.15) is 6.04 Å². The number of carbonyl (C=O) groups excluding carboxylic acids is 3. The van der Waals surface area contributed by atoms with E-state index in [1.807, 2.05) is 90.9 Å². The summed E-state index contributed by atoms with van der Waals surface area (Å²) in [6.45, 7) is 14.9. The van der Waals surface area contributed by atoms with E-state index in [1.165, 1.54) is 24.0 Å². The molecule has 0 saturated heterocycles. The van der Waals surface area contributed by atoms with Gasteiger partial charge in [0, 0.05) is 23.7 Å². The van der Waals surface area contributed by atoms with Gasteiger partial charge in [-0.05, 0) is 66.3 Å². The summed E-state index contributed by atoms with van der Waals surface area (Å²) in [4.78, 5) is 42.7. The molecule has 0 aliphatic carbocycles. The summed E-state index contributed by atoms with van der Waals surface area (Å²) < 4.78 is 28.5. The van der Waals surface area contributed by atoms with Gasteiger partial charge in [-0.3, -0.25) is 14.4 Å². The highest BCUT2D eigenvalue weighted by Crippen LogP contribution is 2.29. The second-order valence-corrected chi connectivity index (χ2v) is 16.4. The van der Waals surface area contributed by atoms with Gasteiger partial charge in [-0.25, -0.2) is 13.1 Å². The predicted octanol–water partition coefficient (Wildman–Crippen LogP) is 5.27. The minimum absolute atomic E-state index is 0.0652. The molecule has 3 atom stereocenters. The monoisotopic (exact) mass is 703 g/mol. The Hall–Kier alpha value is -4.48. The lowest BCUT2D eigenvalue weighted by Gasteiger charge is -2.40. The van der Waals surface area contributed by atoms with Crippen LogP contribution < -0.4 is 21.1 Å². The van der Waals surface area contributed by atoms with Crippen molar-refractivity contribution in [1.29, 1.82) is 0 Å². The zero-order valence-corrected chi connectivity index (χ0v) is 31.7. The molecule has 0 bridgehead atoms. The third kappa shape index (κ3) is 9.60. The summed E-state index contributed by atoms with van der Waals surface area (Å²) in [5.41, 5.74) is 7.90. The molecular formula is C39H53N5O5S. The van der Waals surface area contributed by atoms with Gasteiger partial charge in [-0.15, -0.1) is 0 Å². The van der Waals surface area contributed by atoms with Crippen LogP contribution in [0.5, 0.6) is 0 Å². The average Bonchev–Trinajstić information content (AvgIpc) is 3.05. The highest BCUT2D eigenvalue weighted by Gasteiger charge is 2.41. The first-order valence-corrected chi connectivity index (χ1v) is 18.2. The molecule has 0 aliphatic rings. The Labute approximate surface area is 298 Å². The van der Waals surface area contributed by atoms with Crippen molar-refractivity contribution in [2.24, 2.45) is 11.3 Å². The quantitative estimate of drug-likeness (QED) is 0.140. The molecule has 3 amide bonds. The van der Waals surface area contributed by atoms with Crippen molar-refractivity contribution in [2.75, 3.05) is 19.8 Å². The van der Waals surface area contributed by atoms with Crippen molar-refractivity contribution in [3.8, 4) is 11.1 Å². The molecule has 3 aromatic carbocycles. The molecule has 11 heteroatoms. The first kappa shape index (κ1) is 40.0. The lowest BCUT2D eigenvalue weighted by molar-refractivity contribution is -0.140. The van der Waals surface area contributed by atoms with Crippen molar-refractivity contribution >= 4 is 33.4 Å². The van der Waals surface area contributed by atoms with Crippen LogP contribution in [0.2, 0.25) is 0 Å². The summed E-state index contributed by atoms with van der Waals surface area (Å²) in [5, 5.41) is 6.17. The van der Waals surface area contributed by atoms with Gasteiger partial charge in [0.25, 0.3) is 15.9 Å². The molecule has 0 heterocycles. The molecule has 3 aromatic rings. The number of nitrogens with two attached hydrogens (primary N) is 1. The number of nitrogens with one attached hydrogen (secondary N) is 3. The number of likely N-dealkylation sites (N-methyl/N-ethyl adjacent to an activating group) is 2. The van der Waals surface area contributed by atoms with E-state index in [0.717, 1.165) is 16.7 Å². The Morgan fingerprint density at radius 2 is 1.34 bits per heavy atom. The van der Waals surface area contributed by atoms with E-state index < -0.39 is 44.9 Å². The van der Waals surface area contributed by atoms with E-state index in [0.29, 0.717) is 5.69 Å². The normalized spacial score (nSPS) is 14.4. The van der Waals surface area contributed by atoms with Crippen molar-refractivity contribution in [1.82, 2.24) is 20.3 Å². The average molecular weight is 704 g/mol. The van der Waals surface area contributed by atoms with Crippen molar-refractivity contribution < 1.29 is 22.8 Å². The number of amides is 3. The molecule has 50 heavy (non-hydrogen) atoms. The smallest absolute Gasteiger partial charge is 0.264 e. The number of rotatable bonds is 13. The molecule has 0 fully saturated rings. The van der Waals surface area contributed by atoms with E-state index >= 15 is 0 Å². The van der Waals surface area contributed by atoms with Gasteiger partial charge in [-0.1, -0.05) is 109 Å². The molecular weight excluding hydrogens is 651 g/mol. The van der Waals surface area contributed by atoms with Crippen LogP contribution in [-0.2, 0) is 29.8 Å². The SMILES string of the molecule is CNC(C(=O)NC(C(=O)N(C)C(C=C(C)C(=O)NS(=O)(=O)c1ccc(-c2ccc(N)cc2)cc1)C(C)C)C(C)(C)C)C(C)(C)c1ccccc1. The molecule has 0 aliphatic heterocycles. The first-order chi connectivity index (χ1) is 23.2.